The third kappa shape index (κ3) is 3.53. The van der Waals surface area contributed by atoms with Gasteiger partial charge >= 0.3 is 0 Å². The van der Waals surface area contributed by atoms with Gasteiger partial charge in [0.15, 0.2) is 0 Å². The number of thioether (sulfide) groups is 1. The van der Waals surface area contributed by atoms with E-state index in [9.17, 15) is 0 Å². The van der Waals surface area contributed by atoms with Crippen LogP contribution in [0.15, 0.2) is 5.38 Å². The first-order chi connectivity index (χ1) is 8.83. The minimum Gasteiger partial charge on any atom is -0.303 e. The summed E-state index contributed by atoms with van der Waals surface area (Å²) in [4.78, 5) is 4.98. The molecular weight excluding hydrogens is 272 g/mol. The Bertz CT molecular complexity index is 412. The average Bonchev–Trinajstić information content (AvgIpc) is 2.78. The molecule has 4 heteroatoms. The molecule has 1 fully saturated rings. The second-order valence-electron chi connectivity index (χ2n) is 6.78. The molecule has 2 nitrogen and oxygen atoms in total. The largest absolute Gasteiger partial charge is 0.303 e. The fraction of sp³-hybridized carbons (Fsp3) is 0.800. The zero-order chi connectivity index (χ0) is 14.1. The van der Waals surface area contributed by atoms with Crippen molar-refractivity contribution in [2.45, 2.75) is 64.5 Å². The summed E-state index contributed by atoms with van der Waals surface area (Å²) in [5.41, 5.74) is 1.50. The Morgan fingerprint density at radius 2 is 1.89 bits per heavy atom. The Hall–Kier alpha value is -0.0600. The van der Waals surface area contributed by atoms with Crippen molar-refractivity contribution in [3.63, 3.8) is 0 Å². The van der Waals surface area contributed by atoms with Crippen molar-refractivity contribution >= 4 is 23.1 Å². The first-order valence-electron chi connectivity index (χ1n) is 7.15. The van der Waals surface area contributed by atoms with Gasteiger partial charge in [-0.3, -0.25) is 0 Å². The molecule has 0 aliphatic carbocycles. The van der Waals surface area contributed by atoms with Crippen LogP contribution >= 0.6 is 23.1 Å². The lowest BCUT2D eigenvalue weighted by Crippen LogP contribution is -2.48. The maximum Gasteiger partial charge on any atom is 0.113 e. The highest BCUT2D eigenvalue weighted by Crippen LogP contribution is 2.39. The van der Waals surface area contributed by atoms with Crippen molar-refractivity contribution in [1.29, 1.82) is 0 Å². The monoisotopic (exact) mass is 298 g/mol. The first kappa shape index (κ1) is 15.3. The molecule has 0 saturated carbocycles. The van der Waals surface area contributed by atoms with Gasteiger partial charge in [0.1, 0.15) is 5.01 Å². The van der Waals surface area contributed by atoms with Crippen LogP contribution in [0.3, 0.4) is 0 Å². The molecule has 0 aromatic carbocycles. The second-order valence-corrected chi connectivity index (χ2v) is 8.86. The highest BCUT2D eigenvalue weighted by atomic mass is 32.2. The predicted molar refractivity (Wildman–Crippen MR) is 87.3 cm³/mol. The molecule has 0 atom stereocenters. The van der Waals surface area contributed by atoms with Crippen LogP contribution in [0.1, 0.15) is 58.2 Å². The second kappa shape index (κ2) is 5.74. The predicted octanol–water partition coefficient (Wildman–Crippen LogP) is 4.16. The van der Waals surface area contributed by atoms with E-state index in [2.05, 4.69) is 57.1 Å². The molecule has 1 saturated heterocycles. The standard InChI is InChI=1S/C15H26N2S2/c1-11(2)17-15(6-8-18-9-7-15)13-16-12(10-19-13)14(3,4)5/h10-11,17H,6-9H2,1-5H3. The summed E-state index contributed by atoms with van der Waals surface area (Å²) in [5, 5.41) is 7.36. The van der Waals surface area contributed by atoms with Crippen LogP contribution in [-0.4, -0.2) is 22.5 Å². The van der Waals surface area contributed by atoms with E-state index in [4.69, 9.17) is 4.98 Å². The molecule has 0 radical (unpaired) electrons. The molecule has 2 heterocycles. The van der Waals surface area contributed by atoms with Gasteiger partial charge in [-0.1, -0.05) is 20.8 Å². The van der Waals surface area contributed by atoms with E-state index in [-0.39, 0.29) is 11.0 Å². The van der Waals surface area contributed by atoms with Gasteiger partial charge in [0.25, 0.3) is 0 Å². The minimum atomic E-state index is 0.119. The minimum absolute atomic E-state index is 0.119. The molecular formula is C15H26N2S2. The molecule has 2 rings (SSSR count). The number of nitrogens with zero attached hydrogens (tertiary/aromatic N) is 1. The molecule has 0 bridgehead atoms. The molecule has 1 aliphatic heterocycles. The van der Waals surface area contributed by atoms with Gasteiger partial charge in [0.05, 0.1) is 11.2 Å². The molecule has 108 valence electrons. The number of rotatable bonds is 3. The van der Waals surface area contributed by atoms with Crippen LogP contribution in [0.2, 0.25) is 0 Å². The fourth-order valence-electron chi connectivity index (χ4n) is 2.53. The summed E-state index contributed by atoms with van der Waals surface area (Å²) in [6.07, 6.45) is 2.40. The Morgan fingerprint density at radius 3 is 2.37 bits per heavy atom. The van der Waals surface area contributed by atoms with Crippen LogP contribution in [-0.2, 0) is 11.0 Å². The van der Waals surface area contributed by atoms with Crippen LogP contribution < -0.4 is 5.32 Å². The Morgan fingerprint density at radius 1 is 1.26 bits per heavy atom. The van der Waals surface area contributed by atoms with E-state index >= 15 is 0 Å². The van der Waals surface area contributed by atoms with Gasteiger partial charge in [-0.25, -0.2) is 4.98 Å². The van der Waals surface area contributed by atoms with Gasteiger partial charge in [0, 0.05) is 16.8 Å². The first-order valence-corrected chi connectivity index (χ1v) is 9.19. The third-order valence-electron chi connectivity index (χ3n) is 3.59. The highest BCUT2D eigenvalue weighted by molar-refractivity contribution is 7.99. The Kier molecular flexibility index (Phi) is 4.63. The molecule has 1 aromatic heterocycles. The van der Waals surface area contributed by atoms with Crippen LogP contribution in [0.5, 0.6) is 0 Å². The SMILES string of the molecule is CC(C)NC1(c2nc(C(C)(C)C)cs2)CCSCC1. The lowest BCUT2D eigenvalue weighted by molar-refractivity contribution is 0.280. The summed E-state index contributed by atoms with van der Waals surface area (Å²) in [7, 11) is 0. The maximum absolute atomic E-state index is 4.98. The van der Waals surface area contributed by atoms with E-state index < -0.39 is 0 Å². The molecule has 19 heavy (non-hydrogen) atoms. The van der Waals surface area contributed by atoms with Gasteiger partial charge in [-0.05, 0) is 38.2 Å². The number of thiazole rings is 1. The third-order valence-corrected chi connectivity index (χ3v) is 5.63. The number of nitrogens with one attached hydrogen (secondary N) is 1. The fourth-order valence-corrected chi connectivity index (χ4v) is 4.99. The van der Waals surface area contributed by atoms with Crippen molar-refractivity contribution < 1.29 is 0 Å². The van der Waals surface area contributed by atoms with Crippen LogP contribution in [0.25, 0.3) is 0 Å². The average molecular weight is 299 g/mol. The van der Waals surface area contributed by atoms with Crippen molar-refractivity contribution in [3.8, 4) is 0 Å². The quantitative estimate of drug-likeness (QED) is 0.907. The van der Waals surface area contributed by atoms with Gasteiger partial charge in [-0.15, -0.1) is 11.3 Å². The molecule has 0 amide bonds. The van der Waals surface area contributed by atoms with Gasteiger partial charge in [-0.2, -0.15) is 11.8 Å². The number of aromatic nitrogens is 1. The summed E-state index contributed by atoms with van der Waals surface area (Å²) in [6.45, 7) is 11.2. The van der Waals surface area contributed by atoms with Crippen LogP contribution in [0.4, 0.5) is 0 Å². The summed E-state index contributed by atoms with van der Waals surface area (Å²) < 4.78 is 0. The van der Waals surface area contributed by atoms with Crippen molar-refractivity contribution in [2.24, 2.45) is 0 Å². The zero-order valence-electron chi connectivity index (χ0n) is 12.7. The van der Waals surface area contributed by atoms with Crippen LogP contribution in [0, 0.1) is 0 Å². The van der Waals surface area contributed by atoms with Gasteiger partial charge < -0.3 is 5.32 Å². The van der Waals surface area contributed by atoms with E-state index in [0.29, 0.717) is 6.04 Å². The lowest BCUT2D eigenvalue weighted by Gasteiger charge is -2.38. The molecule has 1 N–H and O–H groups in total. The Labute approximate surface area is 125 Å². The molecule has 0 unspecified atom stereocenters. The van der Waals surface area contributed by atoms with E-state index in [1.165, 1.54) is 35.0 Å². The van der Waals surface area contributed by atoms with Crippen molar-refractivity contribution in [1.82, 2.24) is 10.3 Å². The molecule has 0 spiro atoms. The van der Waals surface area contributed by atoms with Crippen molar-refractivity contribution in [3.05, 3.63) is 16.1 Å². The summed E-state index contributed by atoms with van der Waals surface area (Å²) >= 11 is 3.91. The van der Waals surface area contributed by atoms with E-state index in [0.717, 1.165) is 0 Å². The number of hydrogen-bond donors (Lipinski definition) is 1. The summed E-state index contributed by atoms with van der Waals surface area (Å²) in [6, 6.07) is 0.505. The van der Waals surface area contributed by atoms with E-state index in [1.807, 2.05) is 11.3 Å². The highest BCUT2D eigenvalue weighted by Gasteiger charge is 2.37. The van der Waals surface area contributed by atoms with Gasteiger partial charge in [0.2, 0.25) is 0 Å². The molecule has 1 aromatic rings. The molecule has 1 aliphatic rings. The lowest BCUT2D eigenvalue weighted by atomic mass is 9.90. The summed E-state index contributed by atoms with van der Waals surface area (Å²) in [5.74, 6) is 2.48. The smallest absolute Gasteiger partial charge is 0.113 e. The zero-order valence-corrected chi connectivity index (χ0v) is 14.4. The maximum atomic E-state index is 4.98. The van der Waals surface area contributed by atoms with Crippen molar-refractivity contribution in [2.75, 3.05) is 11.5 Å². The number of hydrogen-bond acceptors (Lipinski definition) is 4. The Balaban J connectivity index is 2.30. The normalized spacial score (nSPS) is 19.9. The topological polar surface area (TPSA) is 24.9 Å². The van der Waals surface area contributed by atoms with E-state index in [1.54, 1.807) is 0 Å².